The molecule has 2 heterocycles. The molecule has 31 heavy (non-hydrogen) atoms. The number of nitrogens with zero attached hydrogens (tertiary/aromatic N) is 2. The molecule has 0 radical (unpaired) electrons. The predicted octanol–water partition coefficient (Wildman–Crippen LogP) is 4.19. The fourth-order valence-corrected chi connectivity index (χ4v) is 3.78. The van der Waals surface area contributed by atoms with Gasteiger partial charge in [0.1, 0.15) is 5.76 Å². The lowest BCUT2D eigenvalue weighted by molar-refractivity contribution is -0.116. The van der Waals surface area contributed by atoms with Gasteiger partial charge >= 0.3 is 0 Å². The van der Waals surface area contributed by atoms with Crippen LogP contribution in [0.1, 0.15) is 36.6 Å². The number of benzene rings is 1. The molecular formula is C22H31ClIN5O2. The van der Waals surface area contributed by atoms with Crippen molar-refractivity contribution in [3.8, 4) is 0 Å². The Morgan fingerprint density at radius 3 is 2.68 bits per heavy atom. The van der Waals surface area contributed by atoms with Gasteiger partial charge in [-0.15, -0.1) is 24.0 Å². The standard InChI is InChI=1S/C22H30ClN5O2.HI/c1-16-17(23)7-5-8-18(16)27-21(29)10-11-25-22(24-2)26-15-19(20-9-6-14-30-20)28-12-3-4-13-28;/h5-9,14,19H,3-4,10-13,15H2,1-2H3,(H,27,29)(H2,24,25,26);1H. The smallest absolute Gasteiger partial charge is 0.226 e. The van der Waals surface area contributed by atoms with E-state index in [0.29, 0.717) is 30.5 Å². The quantitative estimate of drug-likeness (QED) is 0.257. The first kappa shape index (κ1) is 25.5. The summed E-state index contributed by atoms with van der Waals surface area (Å²) in [6, 6.07) is 9.58. The zero-order chi connectivity index (χ0) is 21.3. The summed E-state index contributed by atoms with van der Waals surface area (Å²) in [6.07, 6.45) is 4.46. The van der Waals surface area contributed by atoms with E-state index in [1.165, 1.54) is 12.8 Å². The van der Waals surface area contributed by atoms with E-state index in [4.69, 9.17) is 16.0 Å². The average Bonchev–Trinajstić information content (AvgIpc) is 3.45. The molecule has 1 atom stereocenters. The molecule has 1 aromatic heterocycles. The highest BCUT2D eigenvalue weighted by molar-refractivity contribution is 14.0. The first-order valence-electron chi connectivity index (χ1n) is 10.4. The lowest BCUT2D eigenvalue weighted by atomic mass is 10.2. The van der Waals surface area contributed by atoms with Crippen molar-refractivity contribution in [1.82, 2.24) is 15.5 Å². The number of nitrogens with one attached hydrogen (secondary N) is 3. The van der Waals surface area contributed by atoms with Crippen molar-refractivity contribution in [1.29, 1.82) is 0 Å². The number of carbonyl (C=O) groups excluding carboxylic acids is 1. The van der Waals surface area contributed by atoms with Crippen molar-refractivity contribution in [2.24, 2.45) is 4.99 Å². The summed E-state index contributed by atoms with van der Waals surface area (Å²) in [4.78, 5) is 19.0. The molecular weight excluding hydrogens is 529 g/mol. The molecule has 0 aliphatic carbocycles. The third-order valence-electron chi connectivity index (χ3n) is 5.33. The second-order valence-corrected chi connectivity index (χ2v) is 7.77. The number of carbonyl (C=O) groups is 1. The Hall–Kier alpha value is -1.78. The number of likely N-dealkylation sites (tertiary alicyclic amines) is 1. The van der Waals surface area contributed by atoms with Gasteiger partial charge in [-0.25, -0.2) is 0 Å². The summed E-state index contributed by atoms with van der Waals surface area (Å²) < 4.78 is 5.66. The molecule has 1 unspecified atom stereocenters. The Bertz CT molecular complexity index is 854. The van der Waals surface area contributed by atoms with E-state index in [9.17, 15) is 4.79 Å². The molecule has 1 saturated heterocycles. The molecule has 2 aromatic rings. The zero-order valence-corrected chi connectivity index (χ0v) is 21.1. The number of anilines is 1. The zero-order valence-electron chi connectivity index (χ0n) is 18.0. The predicted molar refractivity (Wildman–Crippen MR) is 136 cm³/mol. The Morgan fingerprint density at radius 2 is 2.00 bits per heavy atom. The van der Waals surface area contributed by atoms with Crippen molar-refractivity contribution < 1.29 is 9.21 Å². The Labute approximate surface area is 206 Å². The number of hydrogen-bond donors (Lipinski definition) is 3. The highest BCUT2D eigenvalue weighted by atomic mass is 127. The van der Waals surface area contributed by atoms with Crippen molar-refractivity contribution in [2.45, 2.75) is 32.2 Å². The molecule has 3 rings (SSSR count). The molecule has 0 bridgehead atoms. The van der Waals surface area contributed by atoms with Gasteiger partial charge in [0, 0.05) is 37.3 Å². The number of rotatable bonds is 8. The number of aliphatic imine (C=N–C) groups is 1. The van der Waals surface area contributed by atoms with Crippen molar-refractivity contribution in [3.63, 3.8) is 0 Å². The summed E-state index contributed by atoms with van der Waals surface area (Å²) in [5.74, 6) is 1.54. The minimum absolute atomic E-state index is 0. The van der Waals surface area contributed by atoms with E-state index in [2.05, 4.69) is 25.8 Å². The van der Waals surface area contributed by atoms with Crippen LogP contribution in [0.3, 0.4) is 0 Å². The van der Waals surface area contributed by atoms with Crippen LogP contribution in [0.4, 0.5) is 5.69 Å². The fourth-order valence-electron chi connectivity index (χ4n) is 3.61. The van der Waals surface area contributed by atoms with Crippen molar-refractivity contribution >= 4 is 53.1 Å². The Balaban J connectivity index is 0.00000341. The average molecular weight is 560 g/mol. The number of guanidine groups is 1. The monoisotopic (exact) mass is 559 g/mol. The minimum Gasteiger partial charge on any atom is -0.468 e. The number of hydrogen-bond acceptors (Lipinski definition) is 4. The summed E-state index contributed by atoms with van der Waals surface area (Å²) in [6.45, 7) is 5.18. The van der Waals surface area contributed by atoms with Gasteiger partial charge in [0.25, 0.3) is 0 Å². The second kappa shape index (κ2) is 12.9. The summed E-state index contributed by atoms with van der Waals surface area (Å²) >= 11 is 6.11. The molecule has 1 amide bonds. The molecule has 0 saturated carbocycles. The number of amides is 1. The van der Waals surface area contributed by atoms with Crippen LogP contribution >= 0.6 is 35.6 Å². The molecule has 3 N–H and O–H groups in total. The van der Waals surface area contributed by atoms with Crippen LogP contribution in [0.2, 0.25) is 5.02 Å². The summed E-state index contributed by atoms with van der Waals surface area (Å²) in [5.41, 5.74) is 1.60. The van der Waals surface area contributed by atoms with Gasteiger partial charge < -0.3 is 20.4 Å². The third-order valence-corrected chi connectivity index (χ3v) is 5.74. The molecule has 7 nitrogen and oxygen atoms in total. The van der Waals surface area contributed by atoms with Crippen LogP contribution in [0, 0.1) is 6.92 Å². The van der Waals surface area contributed by atoms with Crippen LogP contribution < -0.4 is 16.0 Å². The molecule has 170 valence electrons. The fraction of sp³-hybridized carbons (Fsp3) is 0.455. The number of halogens is 2. The van der Waals surface area contributed by atoms with E-state index in [-0.39, 0.29) is 35.9 Å². The first-order chi connectivity index (χ1) is 14.6. The minimum atomic E-state index is -0.0751. The van der Waals surface area contributed by atoms with Gasteiger partial charge in [-0.2, -0.15) is 0 Å². The normalized spacial score (nSPS) is 15.3. The van der Waals surface area contributed by atoms with Crippen molar-refractivity contribution in [3.05, 3.63) is 52.9 Å². The highest BCUT2D eigenvalue weighted by Gasteiger charge is 2.25. The third kappa shape index (κ3) is 7.40. The van der Waals surface area contributed by atoms with Gasteiger partial charge in [-0.1, -0.05) is 17.7 Å². The van der Waals surface area contributed by atoms with Crippen LogP contribution in [-0.2, 0) is 4.79 Å². The van der Waals surface area contributed by atoms with Crippen LogP contribution in [0.5, 0.6) is 0 Å². The number of furan rings is 1. The van der Waals surface area contributed by atoms with Crippen molar-refractivity contribution in [2.75, 3.05) is 38.5 Å². The van der Waals surface area contributed by atoms with E-state index in [0.717, 1.165) is 30.1 Å². The maximum atomic E-state index is 12.3. The van der Waals surface area contributed by atoms with E-state index in [1.807, 2.05) is 37.3 Å². The van der Waals surface area contributed by atoms with Gasteiger partial charge in [0.2, 0.25) is 5.91 Å². The van der Waals surface area contributed by atoms with Gasteiger partial charge in [0.05, 0.1) is 12.3 Å². The maximum Gasteiger partial charge on any atom is 0.226 e. The largest absolute Gasteiger partial charge is 0.468 e. The molecule has 1 fully saturated rings. The molecule has 1 aliphatic rings. The van der Waals surface area contributed by atoms with Gasteiger partial charge in [-0.3, -0.25) is 14.7 Å². The van der Waals surface area contributed by atoms with E-state index < -0.39 is 0 Å². The Kier molecular flexibility index (Phi) is 10.6. The molecule has 0 spiro atoms. The van der Waals surface area contributed by atoms with Gasteiger partial charge in [0.15, 0.2) is 5.96 Å². The van der Waals surface area contributed by atoms with Gasteiger partial charge in [-0.05, 0) is 62.7 Å². The topological polar surface area (TPSA) is 81.9 Å². The summed E-state index contributed by atoms with van der Waals surface area (Å²) in [5, 5.41) is 10.1. The lowest BCUT2D eigenvalue weighted by Crippen LogP contribution is -2.43. The molecule has 1 aromatic carbocycles. The second-order valence-electron chi connectivity index (χ2n) is 7.36. The van der Waals surface area contributed by atoms with Crippen LogP contribution in [-0.4, -0.2) is 50.0 Å². The maximum absolute atomic E-state index is 12.3. The van der Waals surface area contributed by atoms with E-state index >= 15 is 0 Å². The highest BCUT2D eigenvalue weighted by Crippen LogP contribution is 2.25. The summed E-state index contributed by atoms with van der Waals surface area (Å²) in [7, 11) is 1.72. The lowest BCUT2D eigenvalue weighted by Gasteiger charge is -2.26. The van der Waals surface area contributed by atoms with Crippen LogP contribution in [0.25, 0.3) is 0 Å². The first-order valence-corrected chi connectivity index (χ1v) is 10.7. The SMILES string of the molecule is CN=C(NCCC(=O)Nc1cccc(Cl)c1C)NCC(c1ccco1)N1CCCC1.I. The molecule has 1 aliphatic heterocycles. The molecule has 9 heteroatoms. The Morgan fingerprint density at radius 1 is 1.23 bits per heavy atom. The van der Waals surface area contributed by atoms with Crippen LogP contribution in [0.15, 0.2) is 46.0 Å². The van der Waals surface area contributed by atoms with E-state index in [1.54, 1.807) is 13.3 Å².